The Morgan fingerprint density at radius 3 is 2.33 bits per heavy atom. The first kappa shape index (κ1) is 11.4. The van der Waals surface area contributed by atoms with Gasteiger partial charge < -0.3 is 5.32 Å². The summed E-state index contributed by atoms with van der Waals surface area (Å²) in [6.45, 7) is 3.54. The van der Waals surface area contributed by atoms with E-state index in [0.717, 1.165) is 12.1 Å². The molecule has 2 heteroatoms. The van der Waals surface area contributed by atoms with Gasteiger partial charge in [-0.2, -0.15) is 0 Å². The molecule has 1 atom stereocenters. The summed E-state index contributed by atoms with van der Waals surface area (Å²) in [6, 6.07) is 2.41. The standard InChI is InChI=1S/C13H26N2/c1-11(15(2)13-8-5-9-13)10-14-12-6-3-4-7-12/h11-14H,3-10H2,1-2H3. The monoisotopic (exact) mass is 210 g/mol. The molecule has 2 nitrogen and oxygen atoms in total. The first-order chi connectivity index (χ1) is 7.27. The van der Waals surface area contributed by atoms with Gasteiger partial charge in [-0.25, -0.2) is 0 Å². The zero-order valence-corrected chi connectivity index (χ0v) is 10.3. The second-order valence-electron chi connectivity index (χ2n) is 5.49. The van der Waals surface area contributed by atoms with E-state index in [9.17, 15) is 0 Å². The molecule has 0 aromatic heterocycles. The molecule has 0 aliphatic heterocycles. The Labute approximate surface area is 94.4 Å². The van der Waals surface area contributed by atoms with Crippen molar-refractivity contribution in [3.8, 4) is 0 Å². The van der Waals surface area contributed by atoms with Gasteiger partial charge in [-0.05, 0) is 39.7 Å². The van der Waals surface area contributed by atoms with E-state index in [2.05, 4.69) is 24.2 Å². The highest BCUT2D eigenvalue weighted by Crippen LogP contribution is 2.25. The van der Waals surface area contributed by atoms with Crippen LogP contribution in [0.15, 0.2) is 0 Å². The van der Waals surface area contributed by atoms with Crippen LogP contribution in [0.4, 0.5) is 0 Å². The molecule has 1 unspecified atom stereocenters. The maximum absolute atomic E-state index is 3.72. The average Bonchev–Trinajstić information content (AvgIpc) is 2.63. The number of hydrogen-bond acceptors (Lipinski definition) is 2. The predicted octanol–water partition coefficient (Wildman–Crippen LogP) is 2.39. The molecule has 0 bridgehead atoms. The third kappa shape index (κ3) is 2.94. The largest absolute Gasteiger partial charge is 0.312 e. The molecule has 0 aromatic carbocycles. The van der Waals surface area contributed by atoms with E-state index in [1.807, 2.05) is 0 Å². The van der Waals surface area contributed by atoms with Crippen LogP contribution in [0.5, 0.6) is 0 Å². The summed E-state index contributed by atoms with van der Waals surface area (Å²) in [6.07, 6.45) is 9.96. The highest BCUT2D eigenvalue weighted by Gasteiger charge is 2.25. The Balaban J connectivity index is 1.64. The van der Waals surface area contributed by atoms with Crippen LogP contribution in [0, 0.1) is 0 Å². The van der Waals surface area contributed by atoms with E-state index in [0.29, 0.717) is 6.04 Å². The van der Waals surface area contributed by atoms with Crippen LogP contribution in [-0.4, -0.2) is 36.6 Å². The average molecular weight is 210 g/mol. The van der Waals surface area contributed by atoms with Crippen molar-refractivity contribution in [2.75, 3.05) is 13.6 Å². The fourth-order valence-electron chi connectivity index (χ4n) is 2.77. The first-order valence-electron chi connectivity index (χ1n) is 6.72. The third-order valence-electron chi connectivity index (χ3n) is 4.40. The minimum Gasteiger partial charge on any atom is -0.312 e. The van der Waals surface area contributed by atoms with Crippen LogP contribution in [0.2, 0.25) is 0 Å². The molecule has 0 aromatic rings. The molecule has 88 valence electrons. The fourth-order valence-corrected chi connectivity index (χ4v) is 2.77. The summed E-state index contributed by atoms with van der Waals surface area (Å²) in [5, 5.41) is 3.72. The molecule has 2 aliphatic rings. The van der Waals surface area contributed by atoms with Crippen LogP contribution < -0.4 is 5.32 Å². The second-order valence-corrected chi connectivity index (χ2v) is 5.49. The van der Waals surface area contributed by atoms with Gasteiger partial charge in [0, 0.05) is 24.7 Å². The van der Waals surface area contributed by atoms with Crippen LogP contribution in [-0.2, 0) is 0 Å². The number of likely N-dealkylation sites (N-methyl/N-ethyl adjacent to an activating group) is 1. The van der Waals surface area contributed by atoms with Gasteiger partial charge in [0.15, 0.2) is 0 Å². The molecule has 2 rings (SSSR count). The molecule has 2 fully saturated rings. The molecule has 0 saturated heterocycles. The maximum Gasteiger partial charge on any atom is 0.0192 e. The molecule has 0 radical (unpaired) electrons. The number of nitrogens with zero attached hydrogens (tertiary/aromatic N) is 1. The molecule has 2 saturated carbocycles. The quantitative estimate of drug-likeness (QED) is 0.749. The molecule has 15 heavy (non-hydrogen) atoms. The van der Waals surface area contributed by atoms with Crippen molar-refractivity contribution in [1.29, 1.82) is 0 Å². The highest BCUT2D eigenvalue weighted by molar-refractivity contribution is 4.83. The van der Waals surface area contributed by atoms with Gasteiger partial charge in [0.1, 0.15) is 0 Å². The minimum absolute atomic E-state index is 0.705. The van der Waals surface area contributed by atoms with Gasteiger partial charge in [0.2, 0.25) is 0 Å². The van der Waals surface area contributed by atoms with Gasteiger partial charge in [0.25, 0.3) is 0 Å². The van der Waals surface area contributed by atoms with Crippen molar-refractivity contribution in [2.24, 2.45) is 0 Å². The van der Waals surface area contributed by atoms with Crippen LogP contribution in [0.1, 0.15) is 51.9 Å². The summed E-state index contributed by atoms with van der Waals surface area (Å²) in [5.41, 5.74) is 0. The highest BCUT2D eigenvalue weighted by atomic mass is 15.2. The first-order valence-corrected chi connectivity index (χ1v) is 6.72. The Hall–Kier alpha value is -0.0800. The van der Waals surface area contributed by atoms with E-state index in [-0.39, 0.29) is 0 Å². The molecular weight excluding hydrogens is 184 g/mol. The zero-order chi connectivity index (χ0) is 10.7. The van der Waals surface area contributed by atoms with E-state index in [1.165, 1.54) is 51.5 Å². The number of rotatable bonds is 5. The topological polar surface area (TPSA) is 15.3 Å². The molecule has 1 N–H and O–H groups in total. The van der Waals surface area contributed by atoms with Gasteiger partial charge in [-0.15, -0.1) is 0 Å². The van der Waals surface area contributed by atoms with Crippen molar-refractivity contribution in [3.63, 3.8) is 0 Å². The summed E-state index contributed by atoms with van der Waals surface area (Å²) < 4.78 is 0. The van der Waals surface area contributed by atoms with Gasteiger partial charge >= 0.3 is 0 Å². The van der Waals surface area contributed by atoms with Crippen molar-refractivity contribution < 1.29 is 0 Å². The summed E-state index contributed by atoms with van der Waals surface area (Å²) in [7, 11) is 2.30. The van der Waals surface area contributed by atoms with Crippen molar-refractivity contribution in [3.05, 3.63) is 0 Å². The summed E-state index contributed by atoms with van der Waals surface area (Å²) >= 11 is 0. The van der Waals surface area contributed by atoms with Gasteiger partial charge in [-0.3, -0.25) is 4.90 Å². The lowest BCUT2D eigenvalue weighted by Crippen LogP contribution is -2.47. The minimum atomic E-state index is 0.705. The predicted molar refractivity (Wildman–Crippen MR) is 65.1 cm³/mol. The lowest BCUT2D eigenvalue weighted by molar-refractivity contribution is 0.115. The zero-order valence-electron chi connectivity index (χ0n) is 10.3. The molecule has 2 aliphatic carbocycles. The van der Waals surface area contributed by atoms with Crippen LogP contribution >= 0.6 is 0 Å². The SMILES string of the molecule is CC(CNC1CCCC1)N(C)C1CCC1. The van der Waals surface area contributed by atoms with Crippen molar-refractivity contribution >= 4 is 0 Å². The number of hydrogen-bond donors (Lipinski definition) is 1. The molecule has 0 heterocycles. The van der Waals surface area contributed by atoms with E-state index in [1.54, 1.807) is 0 Å². The maximum atomic E-state index is 3.72. The Kier molecular flexibility index (Phi) is 4.04. The number of nitrogens with one attached hydrogen (secondary N) is 1. The summed E-state index contributed by atoms with van der Waals surface area (Å²) in [5.74, 6) is 0. The fraction of sp³-hybridized carbons (Fsp3) is 1.00. The summed E-state index contributed by atoms with van der Waals surface area (Å²) in [4.78, 5) is 2.57. The Morgan fingerprint density at radius 1 is 1.13 bits per heavy atom. The van der Waals surface area contributed by atoms with Crippen molar-refractivity contribution in [1.82, 2.24) is 10.2 Å². The molecular formula is C13H26N2. The smallest absolute Gasteiger partial charge is 0.0192 e. The molecule has 0 amide bonds. The van der Waals surface area contributed by atoms with Gasteiger partial charge in [0.05, 0.1) is 0 Å². The molecule has 0 spiro atoms. The van der Waals surface area contributed by atoms with E-state index < -0.39 is 0 Å². The Morgan fingerprint density at radius 2 is 1.80 bits per heavy atom. The normalized spacial score (nSPS) is 25.8. The van der Waals surface area contributed by atoms with E-state index in [4.69, 9.17) is 0 Å². The lowest BCUT2D eigenvalue weighted by Gasteiger charge is -2.39. The van der Waals surface area contributed by atoms with Crippen LogP contribution in [0.25, 0.3) is 0 Å². The van der Waals surface area contributed by atoms with Gasteiger partial charge in [-0.1, -0.05) is 19.3 Å². The third-order valence-corrected chi connectivity index (χ3v) is 4.40. The second kappa shape index (κ2) is 5.31. The lowest BCUT2D eigenvalue weighted by atomic mass is 9.91. The Bertz CT molecular complexity index is 183. The van der Waals surface area contributed by atoms with E-state index >= 15 is 0 Å². The van der Waals surface area contributed by atoms with Crippen LogP contribution in [0.3, 0.4) is 0 Å². The van der Waals surface area contributed by atoms with Crippen molar-refractivity contribution in [2.45, 2.75) is 70.0 Å².